The van der Waals surface area contributed by atoms with E-state index in [2.05, 4.69) is 6.07 Å². The minimum absolute atomic E-state index is 0.0719. The van der Waals surface area contributed by atoms with Crippen LogP contribution in [0.2, 0.25) is 0 Å². The van der Waals surface area contributed by atoms with Crippen molar-refractivity contribution in [3.63, 3.8) is 0 Å². The van der Waals surface area contributed by atoms with E-state index in [1.165, 1.54) is 5.56 Å². The molecule has 8 nitrogen and oxygen atoms in total. The van der Waals surface area contributed by atoms with E-state index in [9.17, 15) is 9.59 Å². The van der Waals surface area contributed by atoms with Crippen molar-refractivity contribution < 1.29 is 28.5 Å². The van der Waals surface area contributed by atoms with Crippen molar-refractivity contribution in [1.29, 1.82) is 0 Å². The molecule has 0 radical (unpaired) electrons. The van der Waals surface area contributed by atoms with Crippen molar-refractivity contribution in [1.82, 2.24) is 9.80 Å². The maximum absolute atomic E-state index is 13.9. The van der Waals surface area contributed by atoms with Crippen LogP contribution in [0.3, 0.4) is 0 Å². The number of nitrogens with zero attached hydrogens (tertiary/aromatic N) is 2. The van der Waals surface area contributed by atoms with Gasteiger partial charge in [-0.3, -0.25) is 9.59 Å². The minimum Gasteiger partial charge on any atom is -0.491 e. The van der Waals surface area contributed by atoms with E-state index in [1.54, 1.807) is 9.80 Å². The number of benzene rings is 2. The second-order valence-electron chi connectivity index (χ2n) is 11.3. The van der Waals surface area contributed by atoms with Gasteiger partial charge in [0.15, 0.2) is 23.7 Å². The van der Waals surface area contributed by atoms with Gasteiger partial charge in [-0.25, -0.2) is 0 Å². The Morgan fingerprint density at radius 1 is 1.03 bits per heavy atom. The summed E-state index contributed by atoms with van der Waals surface area (Å²) in [6, 6.07) is 13.9. The van der Waals surface area contributed by atoms with E-state index in [-0.39, 0.29) is 30.6 Å². The van der Waals surface area contributed by atoms with Crippen LogP contribution in [0.1, 0.15) is 51.2 Å². The van der Waals surface area contributed by atoms with Crippen molar-refractivity contribution in [2.75, 3.05) is 46.0 Å². The number of ether oxygens (including phenoxy) is 4. The lowest BCUT2D eigenvalue weighted by molar-refractivity contribution is -0.177. The van der Waals surface area contributed by atoms with E-state index >= 15 is 0 Å². The zero-order chi connectivity index (χ0) is 27.5. The Morgan fingerprint density at radius 2 is 1.85 bits per heavy atom. The number of para-hydroxylation sites is 2. The van der Waals surface area contributed by atoms with Crippen LogP contribution >= 0.6 is 0 Å². The lowest BCUT2D eigenvalue weighted by Crippen LogP contribution is -2.62. The summed E-state index contributed by atoms with van der Waals surface area (Å²) in [6.45, 7) is 8.30. The van der Waals surface area contributed by atoms with Crippen LogP contribution in [0, 0.1) is 0 Å². The topological polar surface area (TPSA) is 77.5 Å². The third-order valence-electron chi connectivity index (χ3n) is 7.87. The lowest BCUT2D eigenvalue weighted by Gasteiger charge is -2.44. The Morgan fingerprint density at radius 3 is 2.69 bits per heavy atom. The second-order valence-corrected chi connectivity index (χ2v) is 11.3. The summed E-state index contributed by atoms with van der Waals surface area (Å²) >= 11 is 0. The molecule has 210 valence electrons. The highest BCUT2D eigenvalue weighted by Gasteiger charge is 2.46. The van der Waals surface area contributed by atoms with Crippen molar-refractivity contribution in [2.45, 2.75) is 64.1 Å². The molecule has 1 fully saturated rings. The quantitative estimate of drug-likeness (QED) is 0.587. The molecule has 0 N–H and O–H groups in total. The third kappa shape index (κ3) is 6.01. The van der Waals surface area contributed by atoms with Crippen LogP contribution in [0.15, 0.2) is 42.5 Å². The third-order valence-corrected chi connectivity index (χ3v) is 7.87. The van der Waals surface area contributed by atoms with Gasteiger partial charge in [-0.05, 0) is 64.2 Å². The molecular formula is C31H40N2O6. The summed E-state index contributed by atoms with van der Waals surface area (Å²) in [5.74, 6) is 1.95. The van der Waals surface area contributed by atoms with Crippen LogP contribution in [0.4, 0.5) is 0 Å². The number of carbonyl (C=O) groups excluding carboxylic acids is 2. The maximum Gasteiger partial charge on any atom is 0.260 e. The molecule has 0 aromatic heterocycles. The molecule has 3 heterocycles. The summed E-state index contributed by atoms with van der Waals surface area (Å²) in [6.07, 6.45) is 3.93. The number of amides is 2. The normalized spacial score (nSPS) is 23.1. The predicted octanol–water partition coefficient (Wildman–Crippen LogP) is 4.03. The number of likely N-dealkylation sites (N-methyl/N-ethyl adjacent to an activating group) is 1. The smallest absolute Gasteiger partial charge is 0.260 e. The van der Waals surface area contributed by atoms with Crippen molar-refractivity contribution in [3.8, 4) is 17.2 Å². The maximum atomic E-state index is 13.9. The monoisotopic (exact) mass is 536 g/mol. The molecule has 1 unspecified atom stereocenters. The zero-order valence-electron chi connectivity index (χ0n) is 23.4. The van der Waals surface area contributed by atoms with Crippen LogP contribution in [-0.4, -0.2) is 78.8 Å². The number of morpholine rings is 1. The highest BCUT2D eigenvalue weighted by Crippen LogP contribution is 2.41. The Labute approximate surface area is 231 Å². The van der Waals surface area contributed by atoms with Crippen LogP contribution in [0.25, 0.3) is 0 Å². The molecule has 2 aromatic carbocycles. The van der Waals surface area contributed by atoms with E-state index in [1.807, 2.05) is 57.2 Å². The first-order valence-corrected chi connectivity index (χ1v) is 14.2. The van der Waals surface area contributed by atoms with Gasteiger partial charge in [-0.15, -0.1) is 0 Å². The first-order chi connectivity index (χ1) is 18.8. The standard InChI is InChI=1S/C31H40N2O6/c1-4-32-16-18-36-25-13-6-5-10-23(25)11-7-8-15-31(29(32)35)22-33(17-19-38-31)27(34)21-37-26-14-9-12-24-20-30(2,3)39-28(24)26/h5-6,9-10,12-14H,4,7-8,11,15-22H2,1-3H3. The van der Waals surface area contributed by atoms with E-state index in [4.69, 9.17) is 18.9 Å². The molecule has 8 heteroatoms. The Balaban J connectivity index is 1.28. The molecule has 0 saturated carbocycles. The molecule has 2 amide bonds. The largest absolute Gasteiger partial charge is 0.491 e. The van der Waals surface area contributed by atoms with Gasteiger partial charge in [0.05, 0.1) is 19.7 Å². The molecule has 1 atom stereocenters. The summed E-state index contributed by atoms with van der Waals surface area (Å²) in [5, 5.41) is 0. The summed E-state index contributed by atoms with van der Waals surface area (Å²) in [4.78, 5) is 30.8. The van der Waals surface area contributed by atoms with Gasteiger partial charge < -0.3 is 28.7 Å². The molecule has 1 spiro atoms. The molecule has 0 aliphatic carbocycles. The Kier molecular flexibility index (Phi) is 8.03. The van der Waals surface area contributed by atoms with Crippen molar-refractivity contribution in [2.24, 2.45) is 0 Å². The van der Waals surface area contributed by atoms with Gasteiger partial charge >= 0.3 is 0 Å². The van der Waals surface area contributed by atoms with Gasteiger partial charge in [0.25, 0.3) is 11.8 Å². The van der Waals surface area contributed by atoms with Crippen LogP contribution in [-0.2, 0) is 27.2 Å². The average molecular weight is 537 g/mol. The summed E-state index contributed by atoms with van der Waals surface area (Å²) in [5.41, 5.74) is 0.901. The van der Waals surface area contributed by atoms with Gasteiger partial charge in [0.1, 0.15) is 18.0 Å². The minimum atomic E-state index is -1.07. The Bertz CT molecular complexity index is 1200. The van der Waals surface area contributed by atoms with Gasteiger partial charge in [-0.1, -0.05) is 30.3 Å². The molecule has 2 aromatic rings. The highest BCUT2D eigenvalue weighted by molar-refractivity contribution is 5.87. The fourth-order valence-corrected chi connectivity index (χ4v) is 5.85. The van der Waals surface area contributed by atoms with E-state index in [0.29, 0.717) is 50.8 Å². The fraction of sp³-hybridized carbons (Fsp3) is 0.548. The van der Waals surface area contributed by atoms with Gasteiger partial charge in [0.2, 0.25) is 0 Å². The predicted molar refractivity (Wildman–Crippen MR) is 147 cm³/mol. The molecular weight excluding hydrogens is 496 g/mol. The number of aryl methyl sites for hydroxylation is 1. The first kappa shape index (κ1) is 27.3. The SMILES string of the molecule is CCN1CCOc2ccccc2CCCCC2(CN(C(=O)COc3cccc4c3OC(C)(C)C4)CCO2)C1=O. The van der Waals surface area contributed by atoms with Crippen LogP contribution < -0.4 is 14.2 Å². The summed E-state index contributed by atoms with van der Waals surface area (Å²) in [7, 11) is 0. The molecule has 0 bridgehead atoms. The average Bonchev–Trinajstić information content (AvgIpc) is 3.26. The number of hydrogen-bond donors (Lipinski definition) is 0. The molecule has 3 aliphatic heterocycles. The number of rotatable bonds is 4. The lowest BCUT2D eigenvalue weighted by atomic mass is 9.91. The van der Waals surface area contributed by atoms with Crippen LogP contribution in [0.5, 0.6) is 17.2 Å². The first-order valence-electron chi connectivity index (χ1n) is 14.2. The van der Waals surface area contributed by atoms with Gasteiger partial charge in [-0.2, -0.15) is 0 Å². The van der Waals surface area contributed by atoms with Gasteiger partial charge in [0, 0.05) is 25.1 Å². The van der Waals surface area contributed by atoms with Crippen molar-refractivity contribution >= 4 is 11.8 Å². The molecule has 1 saturated heterocycles. The Hall–Kier alpha value is -3.26. The zero-order valence-corrected chi connectivity index (χ0v) is 23.4. The fourth-order valence-electron chi connectivity index (χ4n) is 5.85. The summed E-state index contributed by atoms with van der Waals surface area (Å²) < 4.78 is 24.4. The number of carbonyl (C=O) groups is 2. The molecule has 3 aliphatic rings. The molecule has 39 heavy (non-hydrogen) atoms. The molecule has 5 rings (SSSR count). The number of fused-ring (bicyclic) bond motifs is 2. The highest BCUT2D eigenvalue weighted by atomic mass is 16.5. The van der Waals surface area contributed by atoms with E-state index < -0.39 is 5.60 Å². The van der Waals surface area contributed by atoms with E-state index in [0.717, 1.165) is 37.0 Å². The van der Waals surface area contributed by atoms with Crippen molar-refractivity contribution in [3.05, 3.63) is 53.6 Å². The number of hydrogen-bond acceptors (Lipinski definition) is 6. The second kappa shape index (κ2) is 11.5.